The van der Waals surface area contributed by atoms with Crippen LogP contribution in [0.4, 0.5) is 15.3 Å². The highest BCUT2D eigenvalue weighted by Crippen LogP contribution is 2.34. The van der Waals surface area contributed by atoms with Crippen LogP contribution < -0.4 is 16.0 Å². The predicted octanol–water partition coefficient (Wildman–Crippen LogP) is 5.30. The molecule has 12 heteroatoms. The van der Waals surface area contributed by atoms with Crippen molar-refractivity contribution in [1.82, 2.24) is 25.3 Å². The Morgan fingerprint density at radius 1 is 0.841 bits per heavy atom. The number of amides is 5. The van der Waals surface area contributed by atoms with Crippen molar-refractivity contribution in [3.63, 3.8) is 0 Å². The van der Waals surface area contributed by atoms with Crippen molar-refractivity contribution in [2.24, 2.45) is 0 Å². The van der Waals surface area contributed by atoms with Gasteiger partial charge in [0.05, 0.1) is 8.95 Å². The molecule has 0 bridgehead atoms. The van der Waals surface area contributed by atoms with E-state index in [9.17, 15) is 19.5 Å². The summed E-state index contributed by atoms with van der Waals surface area (Å²) in [6.07, 6.45) is 7.23. The molecule has 0 aliphatic carbocycles. The second-order valence-corrected chi connectivity index (χ2v) is 13.7. The third kappa shape index (κ3) is 8.66. The second-order valence-electron chi connectivity index (χ2n) is 12.0. The monoisotopic (exact) mass is 732 g/mol. The fourth-order valence-corrected chi connectivity index (χ4v) is 7.75. The molecule has 5 amide bonds. The summed E-state index contributed by atoms with van der Waals surface area (Å²) < 4.78 is 1.04. The summed E-state index contributed by atoms with van der Waals surface area (Å²) >= 11 is 6.78. The van der Waals surface area contributed by atoms with E-state index in [-0.39, 0.29) is 29.8 Å². The Morgan fingerprint density at radius 2 is 1.45 bits per heavy atom. The Bertz CT molecular complexity index is 1270. The summed E-state index contributed by atoms with van der Waals surface area (Å²) in [5, 5.41) is 19.1. The number of nitrogens with zero attached hydrogens (tertiary/aromatic N) is 3. The third-order valence-corrected chi connectivity index (χ3v) is 10.2. The summed E-state index contributed by atoms with van der Waals surface area (Å²) in [6.45, 7) is 4.59. The molecule has 44 heavy (non-hydrogen) atoms. The van der Waals surface area contributed by atoms with Crippen LogP contribution in [0.25, 0.3) is 0 Å². The largest absolute Gasteiger partial charge is 0.506 e. The number of hydrogen-bond donors (Lipinski definition) is 4. The van der Waals surface area contributed by atoms with Crippen LogP contribution >= 0.6 is 31.9 Å². The number of benzene rings is 2. The first-order valence-corrected chi connectivity index (χ1v) is 17.2. The van der Waals surface area contributed by atoms with Gasteiger partial charge in [0.25, 0.3) is 0 Å². The van der Waals surface area contributed by atoms with Gasteiger partial charge in [0.1, 0.15) is 11.8 Å². The number of hydrogen-bond acceptors (Lipinski definition) is 5. The highest BCUT2D eigenvalue weighted by molar-refractivity contribution is 9.11. The van der Waals surface area contributed by atoms with E-state index < -0.39 is 6.04 Å². The molecule has 0 aromatic heterocycles. The molecule has 1 atom stereocenters. The second kappa shape index (κ2) is 15.4. The molecule has 0 spiro atoms. The third-order valence-electron chi connectivity index (χ3n) is 8.94. The van der Waals surface area contributed by atoms with Crippen LogP contribution in [0, 0.1) is 0 Å². The number of piperidine rings is 3. The number of carbonyl (C=O) groups excluding carboxylic acids is 3. The first kappa shape index (κ1) is 32.6. The summed E-state index contributed by atoms with van der Waals surface area (Å²) in [6, 6.07) is 12.0. The first-order chi connectivity index (χ1) is 21.3. The molecule has 238 valence electrons. The van der Waals surface area contributed by atoms with Gasteiger partial charge in [-0.05, 0) is 113 Å². The number of aromatic hydroxyl groups is 1. The van der Waals surface area contributed by atoms with Gasteiger partial charge in [0, 0.05) is 50.4 Å². The Balaban J connectivity index is 1.18. The topological polar surface area (TPSA) is 117 Å². The van der Waals surface area contributed by atoms with E-state index in [2.05, 4.69) is 52.7 Å². The van der Waals surface area contributed by atoms with Crippen LogP contribution in [0.1, 0.15) is 50.5 Å². The minimum absolute atomic E-state index is 0.0481. The quantitative estimate of drug-likeness (QED) is 0.308. The number of anilines is 1. The van der Waals surface area contributed by atoms with Crippen molar-refractivity contribution in [3.05, 3.63) is 57.0 Å². The van der Waals surface area contributed by atoms with Crippen molar-refractivity contribution in [3.8, 4) is 5.75 Å². The summed E-state index contributed by atoms with van der Waals surface area (Å²) in [7, 11) is 0. The van der Waals surface area contributed by atoms with E-state index in [0.29, 0.717) is 60.4 Å². The average molecular weight is 735 g/mol. The fraction of sp³-hybridized carbons (Fsp3) is 0.531. The zero-order chi connectivity index (χ0) is 31.1. The normalized spacial score (nSPS) is 19.3. The highest BCUT2D eigenvalue weighted by atomic mass is 79.9. The zero-order valence-electron chi connectivity index (χ0n) is 24.9. The number of carbonyl (C=O) groups is 3. The lowest BCUT2D eigenvalue weighted by molar-refractivity contribution is -0.134. The maximum Gasteiger partial charge on any atom is 0.319 e. The van der Waals surface area contributed by atoms with Gasteiger partial charge in [0.15, 0.2) is 0 Å². The van der Waals surface area contributed by atoms with Gasteiger partial charge in [-0.2, -0.15) is 0 Å². The SMILES string of the molecule is O=C(Nc1ccccc1)NC1CCN(C(=O)N[C@H](Cc2cc(Br)c(O)c(Br)c2)C(=O)N2CCC(N3CCCCC3)CC2)CC1. The van der Waals surface area contributed by atoms with Crippen molar-refractivity contribution >= 4 is 55.5 Å². The standard InChI is InChI=1S/C32H42Br2N6O4/c33-26-19-22(20-27(34)29(26)41)21-28(30(42)39-17-11-25(12-18-39)38-13-5-2-6-14-38)37-32(44)40-15-9-24(10-16-40)36-31(43)35-23-7-3-1-4-8-23/h1,3-4,7-8,19-20,24-25,28,41H,2,5-6,9-18,21H2,(H,37,44)(H2,35,36,43)/t28-/m1/s1. The Kier molecular flexibility index (Phi) is 11.4. The van der Waals surface area contributed by atoms with Crippen molar-refractivity contribution in [2.75, 3.05) is 44.6 Å². The molecule has 5 rings (SSSR count). The number of nitrogens with one attached hydrogen (secondary N) is 3. The summed E-state index contributed by atoms with van der Waals surface area (Å²) in [5.74, 6) is 0.0132. The van der Waals surface area contributed by atoms with Gasteiger partial charge in [-0.25, -0.2) is 9.59 Å². The van der Waals surface area contributed by atoms with E-state index in [4.69, 9.17) is 0 Å². The summed E-state index contributed by atoms with van der Waals surface area (Å²) in [5.41, 5.74) is 1.54. The average Bonchev–Trinajstić information content (AvgIpc) is 3.04. The molecule has 0 radical (unpaired) electrons. The fourth-order valence-electron chi connectivity index (χ4n) is 6.47. The van der Waals surface area contributed by atoms with E-state index in [1.54, 1.807) is 17.0 Å². The predicted molar refractivity (Wildman–Crippen MR) is 178 cm³/mol. The molecule has 3 saturated heterocycles. The zero-order valence-corrected chi connectivity index (χ0v) is 28.1. The van der Waals surface area contributed by atoms with Crippen molar-refractivity contribution < 1.29 is 19.5 Å². The number of likely N-dealkylation sites (tertiary alicyclic amines) is 3. The van der Waals surface area contributed by atoms with Gasteiger partial charge in [-0.3, -0.25) is 4.79 Å². The number of halogens is 2. The van der Waals surface area contributed by atoms with E-state index in [1.807, 2.05) is 35.2 Å². The lowest BCUT2D eigenvalue weighted by Gasteiger charge is -2.41. The van der Waals surface area contributed by atoms with Crippen LogP contribution in [-0.2, 0) is 11.2 Å². The Hall–Kier alpha value is -2.83. The van der Waals surface area contributed by atoms with Crippen molar-refractivity contribution in [1.29, 1.82) is 0 Å². The lowest BCUT2D eigenvalue weighted by Crippen LogP contribution is -2.57. The minimum atomic E-state index is -0.745. The number of phenolic OH excluding ortho intramolecular Hbond substituents is 1. The van der Waals surface area contributed by atoms with Gasteiger partial charge < -0.3 is 35.8 Å². The van der Waals surface area contributed by atoms with E-state index in [1.165, 1.54) is 19.3 Å². The molecule has 3 heterocycles. The molecule has 4 N–H and O–H groups in total. The molecule has 0 saturated carbocycles. The Morgan fingerprint density at radius 3 is 2.09 bits per heavy atom. The molecule has 10 nitrogen and oxygen atoms in total. The number of rotatable bonds is 7. The molecule has 3 fully saturated rings. The van der Waals surface area contributed by atoms with E-state index >= 15 is 0 Å². The van der Waals surface area contributed by atoms with Gasteiger partial charge in [0.2, 0.25) is 5.91 Å². The summed E-state index contributed by atoms with van der Waals surface area (Å²) in [4.78, 5) is 46.0. The molecule has 2 aromatic rings. The maximum absolute atomic E-state index is 13.9. The molecular formula is C32H42Br2N6O4. The van der Waals surface area contributed by atoms with Gasteiger partial charge in [-0.15, -0.1) is 0 Å². The van der Waals surface area contributed by atoms with Gasteiger partial charge >= 0.3 is 12.1 Å². The smallest absolute Gasteiger partial charge is 0.319 e. The highest BCUT2D eigenvalue weighted by Gasteiger charge is 2.33. The maximum atomic E-state index is 13.9. The molecular weight excluding hydrogens is 692 g/mol. The van der Waals surface area contributed by atoms with Crippen LogP contribution in [0.3, 0.4) is 0 Å². The first-order valence-electron chi connectivity index (χ1n) is 15.6. The lowest BCUT2D eigenvalue weighted by atomic mass is 9.98. The van der Waals surface area contributed by atoms with Crippen LogP contribution in [0.15, 0.2) is 51.4 Å². The molecule has 0 unspecified atom stereocenters. The number of para-hydroxylation sites is 1. The Labute approximate surface area is 276 Å². The van der Waals surface area contributed by atoms with Crippen LogP contribution in [0.5, 0.6) is 5.75 Å². The van der Waals surface area contributed by atoms with Crippen molar-refractivity contribution in [2.45, 2.75) is 69.5 Å². The van der Waals surface area contributed by atoms with Crippen LogP contribution in [0.2, 0.25) is 0 Å². The molecule has 2 aromatic carbocycles. The van der Waals surface area contributed by atoms with Crippen LogP contribution in [-0.4, -0.2) is 95.2 Å². The molecule has 3 aliphatic heterocycles. The minimum Gasteiger partial charge on any atom is -0.506 e. The number of urea groups is 2. The number of phenols is 1. The van der Waals surface area contributed by atoms with E-state index in [0.717, 1.165) is 37.2 Å². The van der Waals surface area contributed by atoms with Gasteiger partial charge in [-0.1, -0.05) is 24.6 Å². The molecule has 3 aliphatic rings.